The third kappa shape index (κ3) is 3.95. The Kier molecular flexibility index (Phi) is 6.00. The molecular weight excluding hydrogens is 487 g/mol. The van der Waals surface area contributed by atoms with Gasteiger partial charge in [0.1, 0.15) is 0 Å². The van der Waals surface area contributed by atoms with Gasteiger partial charge in [-0.25, -0.2) is 0 Å². The molecule has 0 saturated heterocycles. The van der Waals surface area contributed by atoms with E-state index in [1.165, 1.54) is 0 Å². The molecule has 112 valence electrons. The van der Waals surface area contributed by atoms with Gasteiger partial charge < -0.3 is 9.47 Å². The van der Waals surface area contributed by atoms with Crippen molar-refractivity contribution in [3.05, 3.63) is 55.4 Å². The molecule has 0 spiro atoms. The molecule has 6 heteroatoms. The standard InChI is InChI=1S/C15H12Br3ClO2/c1-20-13-6-11(12(17)7-14(13)21-2)15(18)8-3-9(16)5-10(19)4-8/h3-7,15H,1-2H3. The van der Waals surface area contributed by atoms with Crippen molar-refractivity contribution in [2.75, 3.05) is 14.2 Å². The molecule has 2 aromatic carbocycles. The van der Waals surface area contributed by atoms with Crippen LogP contribution in [0.5, 0.6) is 11.5 Å². The number of rotatable bonds is 4. The van der Waals surface area contributed by atoms with Gasteiger partial charge in [-0.2, -0.15) is 0 Å². The van der Waals surface area contributed by atoms with E-state index in [2.05, 4.69) is 47.8 Å². The second-order valence-corrected chi connectivity index (χ2v) is 7.42. The summed E-state index contributed by atoms with van der Waals surface area (Å²) in [6, 6.07) is 9.64. The Bertz CT molecular complexity index is 641. The summed E-state index contributed by atoms with van der Waals surface area (Å²) in [4.78, 5) is -0.0262. The molecule has 2 aromatic rings. The Hall–Kier alpha value is -0.230. The van der Waals surface area contributed by atoms with E-state index in [0.29, 0.717) is 16.5 Å². The van der Waals surface area contributed by atoms with Crippen LogP contribution in [0.25, 0.3) is 0 Å². The van der Waals surface area contributed by atoms with Crippen molar-refractivity contribution < 1.29 is 9.47 Å². The van der Waals surface area contributed by atoms with Crippen molar-refractivity contribution in [2.24, 2.45) is 0 Å². The van der Waals surface area contributed by atoms with Crippen LogP contribution in [-0.4, -0.2) is 14.2 Å². The number of hydrogen-bond acceptors (Lipinski definition) is 2. The van der Waals surface area contributed by atoms with Gasteiger partial charge in [-0.15, -0.1) is 0 Å². The molecule has 0 bridgehead atoms. The number of ether oxygens (including phenoxy) is 2. The van der Waals surface area contributed by atoms with Crippen LogP contribution in [0.1, 0.15) is 16.0 Å². The van der Waals surface area contributed by atoms with Crippen molar-refractivity contribution in [1.82, 2.24) is 0 Å². The van der Waals surface area contributed by atoms with E-state index in [1.807, 2.05) is 30.3 Å². The molecule has 0 aliphatic rings. The lowest BCUT2D eigenvalue weighted by Gasteiger charge is -2.17. The maximum Gasteiger partial charge on any atom is 0.161 e. The minimum atomic E-state index is -0.0262. The molecule has 0 aromatic heterocycles. The summed E-state index contributed by atoms with van der Waals surface area (Å²) in [7, 11) is 3.23. The van der Waals surface area contributed by atoms with E-state index >= 15 is 0 Å². The van der Waals surface area contributed by atoms with Crippen LogP contribution in [-0.2, 0) is 0 Å². The van der Waals surface area contributed by atoms with Crippen LogP contribution in [0.3, 0.4) is 0 Å². The van der Waals surface area contributed by atoms with Crippen LogP contribution in [0.4, 0.5) is 0 Å². The lowest BCUT2D eigenvalue weighted by Crippen LogP contribution is -1.98. The van der Waals surface area contributed by atoms with Gasteiger partial charge >= 0.3 is 0 Å². The molecule has 0 saturated carbocycles. The summed E-state index contributed by atoms with van der Waals surface area (Å²) in [6.45, 7) is 0. The first kappa shape index (κ1) is 17.1. The van der Waals surface area contributed by atoms with E-state index in [4.69, 9.17) is 21.1 Å². The first-order valence-corrected chi connectivity index (χ1v) is 8.85. The Morgan fingerprint density at radius 3 is 2.14 bits per heavy atom. The SMILES string of the molecule is COc1cc(Br)c(C(Br)c2cc(Cl)cc(Br)c2)cc1OC. The molecule has 2 nitrogen and oxygen atoms in total. The molecule has 0 fully saturated rings. The number of halogens is 4. The Balaban J connectivity index is 2.49. The number of hydrogen-bond donors (Lipinski definition) is 0. The highest BCUT2D eigenvalue weighted by Gasteiger charge is 2.18. The Morgan fingerprint density at radius 1 is 0.952 bits per heavy atom. The molecule has 1 atom stereocenters. The Labute approximate surface area is 154 Å². The number of benzene rings is 2. The highest BCUT2D eigenvalue weighted by molar-refractivity contribution is 9.11. The van der Waals surface area contributed by atoms with E-state index in [-0.39, 0.29) is 4.83 Å². The molecule has 0 aliphatic carbocycles. The largest absolute Gasteiger partial charge is 0.493 e. The molecule has 2 rings (SSSR count). The van der Waals surface area contributed by atoms with Gasteiger partial charge in [-0.1, -0.05) is 59.4 Å². The van der Waals surface area contributed by atoms with Gasteiger partial charge in [0.05, 0.1) is 19.0 Å². The zero-order chi connectivity index (χ0) is 15.6. The van der Waals surface area contributed by atoms with Crippen molar-refractivity contribution in [1.29, 1.82) is 0 Å². The quantitative estimate of drug-likeness (QED) is 0.456. The number of methoxy groups -OCH3 is 2. The molecule has 1 unspecified atom stereocenters. The summed E-state index contributed by atoms with van der Waals surface area (Å²) in [5.41, 5.74) is 2.07. The minimum Gasteiger partial charge on any atom is -0.493 e. The minimum absolute atomic E-state index is 0.0262. The molecule has 0 radical (unpaired) electrons. The van der Waals surface area contributed by atoms with Crippen molar-refractivity contribution >= 4 is 59.4 Å². The smallest absolute Gasteiger partial charge is 0.161 e. The summed E-state index contributed by atoms with van der Waals surface area (Å²) in [5, 5.41) is 0.681. The molecule has 0 N–H and O–H groups in total. The fraction of sp³-hybridized carbons (Fsp3) is 0.200. The second kappa shape index (κ2) is 7.36. The van der Waals surface area contributed by atoms with Crippen LogP contribution < -0.4 is 9.47 Å². The first-order valence-electron chi connectivity index (χ1n) is 5.97. The summed E-state index contributed by atoms with van der Waals surface area (Å²) < 4.78 is 12.5. The van der Waals surface area contributed by atoms with Crippen molar-refractivity contribution in [3.63, 3.8) is 0 Å². The van der Waals surface area contributed by atoms with Gasteiger partial charge in [-0.3, -0.25) is 0 Å². The predicted molar refractivity (Wildman–Crippen MR) is 97.2 cm³/mol. The second-order valence-electron chi connectivity index (χ2n) is 4.29. The van der Waals surface area contributed by atoms with Gasteiger partial charge in [0.2, 0.25) is 0 Å². The average Bonchev–Trinajstić information content (AvgIpc) is 2.45. The summed E-state index contributed by atoms with van der Waals surface area (Å²) >= 11 is 16.9. The third-order valence-corrected chi connectivity index (χ3v) is 5.34. The highest BCUT2D eigenvalue weighted by atomic mass is 79.9. The van der Waals surface area contributed by atoms with Crippen LogP contribution >= 0.6 is 59.4 Å². The lowest BCUT2D eigenvalue weighted by molar-refractivity contribution is 0.354. The fourth-order valence-electron chi connectivity index (χ4n) is 1.97. The van der Waals surface area contributed by atoms with Gasteiger partial charge in [0.15, 0.2) is 11.5 Å². The summed E-state index contributed by atoms with van der Waals surface area (Å²) in [6.07, 6.45) is 0. The first-order chi connectivity index (χ1) is 9.96. The fourth-order valence-corrected chi connectivity index (χ4v) is 4.35. The zero-order valence-corrected chi connectivity index (χ0v) is 16.8. The average molecular weight is 499 g/mol. The Morgan fingerprint density at radius 2 is 1.57 bits per heavy atom. The predicted octanol–water partition coefficient (Wildman–Crippen LogP) is 6.37. The van der Waals surface area contributed by atoms with Crippen molar-refractivity contribution in [3.8, 4) is 11.5 Å². The van der Waals surface area contributed by atoms with Crippen LogP contribution in [0.15, 0.2) is 39.3 Å². The number of alkyl halides is 1. The lowest BCUT2D eigenvalue weighted by atomic mass is 10.0. The van der Waals surface area contributed by atoms with Gasteiger partial charge in [0.25, 0.3) is 0 Å². The monoisotopic (exact) mass is 496 g/mol. The molecular formula is C15H12Br3ClO2. The molecule has 21 heavy (non-hydrogen) atoms. The van der Waals surface area contributed by atoms with Crippen LogP contribution in [0, 0.1) is 0 Å². The molecule has 0 aliphatic heterocycles. The normalized spacial score (nSPS) is 12.1. The maximum atomic E-state index is 6.12. The van der Waals surface area contributed by atoms with E-state index in [0.717, 1.165) is 20.1 Å². The zero-order valence-electron chi connectivity index (χ0n) is 11.3. The highest BCUT2D eigenvalue weighted by Crippen LogP contribution is 2.42. The summed E-state index contributed by atoms with van der Waals surface area (Å²) in [5.74, 6) is 1.36. The van der Waals surface area contributed by atoms with Gasteiger partial charge in [0, 0.05) is 14.0 Å². The van der Waals surface area contributed by atoms with Crippen molar-refractivity contribution in [2.45, 2.75) is 4.83 Å². The van der Waals surface area contributed by atoms with E-state index in [1.54, 1.807) is 14.2 Å². The molecule has 0 heterocycles. The molecule has 0 amide bonds. The third-order valence-electron chi connectivity index (χ3n) is 2.95. The topological polar surface area (TPSA) is 18.5 Å². The van der Waals surface area contributed by atoms with Gasteiger partial charge in [-0.05, 0) is 41.5 Å². The maximum absolute atomic E-state index is 6.12. The van der Waals surface area contributed by atoms with Crippen LogP contribution in [0.2, 0.25) is 5.02 Å². The van der Waals surface area contributed by atoms with E-state index in [9.17, 15) is 0 Å². The van der Waals surface area contributed by atoms with E-state index < -0.39 is 0 Å².